The Morgan fingerprint density at radius 2 is 1.84 bits per heavy atom. The molecule has 1 fully saturated rings. The second-order valence-corrected chi connectivity index (χ2v) is 7.34. The lowest BCUT2D eigenvalue weighted by Crippen LogP contribution is -2.61. The monoisotopic (exact) mass is 336 g/mol. The van der Waals surface area contributed by atoms with Crippen LogP contribution in [0.5, 0.6) is 0 Å². The summed E-state index contributed by atoms with van der Waals surface area (Å²) in [6.45, 7) is 4.94. The molecule has 0 spiro atoms. The molecule has 3 heteroatoms. The molecule has 0 radical (unpaired) electrons. The zero-order valence-corrected chi connectivity index (χ0v) is 15.2. The third-order valence-corrected chi connectivity index (χ3v) is 4.89. The first-order valence-electron chi connectivity index (χ1n) is 9.29. The number of nitrogens with one attached hydrogen (secondary N) is 2. The number of carbonyl (C=O) groups is 1. The van der Waals surface area contributed by atoms with Gasteiger partial charge < -0.3 is 10.6 Å². The van der Waals surface area contributed by atoms with E-state index in [-0.39, 0.29) is 11.9 Å². The Kier molecular flexibility index (Phi) is 5.54. The van der Waals surface area contributed by atoms with Gasteiger partial charge in [-0.15, -0.1) is 0 Å². The summed E-state index contributed by atoms with van der Waals surface area (Å²) < 4.78 is 0. The molecule has 2 aromatic rings. The van der Waals surface area contributed by atoms with Crippen LogP contribution in [0.4, 0.5) is 0 Å². The van der Waals surface area contributed by atoms with Crippen molar-refractivity contribution in [2.75, 3.05) is 6.54 Å². The first-order chi connectivity index (χ1) is 12.1. The summed E-state index contributed by atoms with van der Waals surface area (Å²) in [7, 11) is 0. The lowest BCUT2D eigenvalue weighted by atomic mass is 9.81. The minimum atomic E-state index is -0.488. The smallest absolute Gasteiger partial charge is 0.240 e. The predicted octanol–water partition coefficient (Wildman–Crippen LogP) is 3.93. The number of carbonyl (C=O) groups excluding carboxylic acids is 1. The van der Waals surface area contributed by atoms with Gasteiger partial charge in [0, 0.05) is 6.04 Å². The van der Waals surface area contributed by atoms with Gasteiger partial charge in [0.05, 0.1) is 0 Å². The molecule has 3 rings (SSSR count). The molecule has 0 saturated carbocycles. The van der Waals surface area contributed by atoms with Crippen molar-refractivity contribution < 1.29 is 4.79 Å². The fourth-order valence-electron chi connectivity index (χ4n) is 3.63. The Bertz CT molecular complexity index is 703. The number of hydrogen-bond donors (Lipinski definition) is 2. The van der Waals surface area contributed by atoms with E-state index in [9.17, 15) is 4.79 Å². The lowest BCUT2D eigenvalue weighted by Gasteiger charge is -2.38. The number of rotatable bonds is 5. The number of hydrogen-bond acceptors (Lipinski definition) is 2. The van der Waals surface area contributed by atoms with Crippen molar-refractivity contribution in [1.82, 2.24) is 10.6 Å². The fraction of sp³-hybridized carbons (Fsp3) is 0.409. The Balaban J connectivity index is 1.86. The van der Waals surface area contributed by atoms with E-state index >= 15 is 0 Å². The largest absolute Gasteiger partial charge is 0.352 e. The second-order valence-electron chi connectivity index (χ2n) is 7.34. The fourth-order valence-corrected chi connectivity index (χ4v) is 3.63. The van der Waals surface area contributed by atoms with E-state index in [0.29, 0.717) is 0 Å². The van der Waals surface area contributed by atoms with Crippen molar-refractivity contribution in [2.24, 2.45) is 0 Å². The van der Waals surface area contributed by atoms with Crippen LogP contribution in [0.15, 0.2) is 54.6 Å². The molecule has 132 valence electrons. The second kappa shape index (κ2) is 7.83. The topological polar surface area (TPSA) is 41.1 Å². The number of piperidine rings is 1. The zero-order valence-electron chi connectivity index (χ0n) is 15.2. The summed E-state index contributed by atoms with van der Waals surface area (Å²) in [5.74, 6) is 0.132. The molecular formula is C22H28N2O. The summed E-state index contributed by atoms with van der Waals surface area (Å²) in [5, 5.41) is 6.65. The van der Waals surface area contributed by atoms with Gasteiger partial charge in [0.15, 0.2) is 0 Å². The van der Waals surface area contributed by atoms with Crippen LogP contribution in [-0.4, -0.2) is 24.0 Å². The highest BCUT2D eigenvalue weighted by molar-refractivity contribution is 5.87. The van der Waals surface area contributed by atoms with Gasteiger partial charge in [0.25, 0.3) is 0 Å². The van der Waals surface area contributed by atoms with Gasteiger partial charge in [0.1, 0.15) is 5.54 Å². The van der Waals surface area contributed by atoms with E-state index < -0.39 is 5.54 Å². The number of benzene rings is 2. The van der Waals surface area contributed by atoms with Crippen LogP contribution in [0, 0.1) is 0 Å². The van der Waals surface area contributed by atoms with Gasteiger partial charge in [-0.3, -0.25) is 4.79 Å². The maximum Gasteiger partial charge on any atom is 0.240 e. The van der Waals surface area contributed by atoms with Gasteiger partial charge >= 0.3 is 0 Å². The van der Waals surface area contributed by atoms with Crippen LogP contribution in [0.1, 0.15) is 38.7 Å². The van der Waals surface area contributed by atoms with E-state index in [0.717, 1.165) is 32.2 Å². The molecule has 1 amide bonds. The molecule has 1 saturated heterocycles. The van der Waals surface area contributed by atoms with Crippen molar-refractivity contribution >= 4 is 5.91 Å². The summed E-state index contributed by atoms with van der Waals surface area (Å²) in [6.07, 6.45) is 3.85. The lowest BCUT2D eigenvalue weighted by molar-refractivity contribution is -0.129. The highest BCUT2D eigenvalue weighted by Crippen LogP contribution is 2.27. The average molecular weight is 336 g/mol. The Labute approximate surface area is 150 Å². The highest BCUT2D eigenvalue weighted by Gasteiger charge is 2.39. The Hall–Kier alpha value is -2.13. The SMILES string of the molecule is CC(C)NC(=O)C1(Cc2cccc(-c3ccccc3)c2)CCCCN1. The zero-order chi connectivity index (χ0) is 17.7. The number of amides is 1. The van der Waals surface area contributed by atoms with E-state index in [2.05, 4.69) is 59.2 Å². The van der Waals surface area contributed by atoms with Crippen LogP contribution in [0.3, 0.4) is 0 Å². The van der Waals surface area contributed by atoms with Crippen LogP contribution in [0.2, 0.25) is 0 Å². The van der Waals surface area contributed by atoms with Gasteiger partial charge in [-0.1, -0.05) is 54.6 Å². The third-order valence-electron chi connectivity index (χ3n) is 4.89. The molecule has 0 bridgehead atoms. The molecule has 0 aliphatic carbocycles. The molecule has 1 heterocycles. The summed E-state index contributed by atoms with van der Waals surface area (Å²) in [6, 6.07) is 19.1. The molecule has 1 aliphatic heterocycles. The van der Waals surface area contributed by atoms with Crippen LogP contribution in [0.25, 0.3) is 11.1 Å². The standard InChI is InChI=1S/C22H28N2O/c1-17(2)24-21(25)22(13-6-7-14-23-22)16-18-9-8-12-20(15-18)19-10-4-3-5-11-19/h3-5,8-12,15,17,23H,6-7,13-14,16H2,1-2H3,(H,24,25). The average Bonchev–Trinajstić information content (AvgIpc) is 2.63. The minimum absolute atomic E-state index is 0.132. The maximum absolute atomic E-state index is 12.9. The van der Waals surface area contributed by atoms with Crippen LogP contribution >= 0.6 is 0 Å². The summed E-state index contributed by atoms with van der Waals surface area (Å²) >= 11 is 0. The van der Waals surface area contributed by atoms with Crippen molar-refractivity contribution in [2.45, 2.75) is 51.1 Å². The first-order valence-corrected chi connectivity index (χ1v) is 9.29. The first kappa shape index (κ1) is 17.7. The quantitative estimate of drug-likeness (QED) is 0.868. The highest BCUT2D eigenvalue weighted by atomic mass is 16.2. The van der Waals surface area contributed by atoms with Crippen LogP contribution in [-0.2, 0) is 11.2 Å². The van der Waals surface area contributed by atoms with Gasteiger partial charge in [-0.05, 0) is 62.8 Å². The molecule has 2 aromatic carbocycles. The van der Waals surface area contributed by atoms with E-state index in [1.165, 1.54) is 16.7 Å². The van der Waals surface area contributed by atoms with Crippen molar-refractivity contribution in [1.29, 1.82) is 0 Å². The van der Waals surface area contributed by atoms with Gasteiger partial charge in [-0.2, -0.15) is 0 Å². The van der Waals surface area contributed by atoms with Crippen LogP contribution < -0.4 is 10.6 Å². The molecule has 2 N–H and O–H groups in total. The molecule has 25 heavy (non-hydrogen) atoms. The Morgan fingerprint density at radius 1 is 1.08 bits per heavy atom. The van der Waals surface area contributed by atoms with Crippen molar-refractivity contribution in [3.63, 3.8) is 0 Å². The molecule has 1 unspecified atom stereocenters. The molecule has 0 aromatic heterocycles. The van der Waals surface area contributed by atoms with Gasteiger partial charge in [0.2, 0.25) is 5.91 Å². The van der Waals surface area contributed by atoms with E-state index in [1.54, 1.807) is 0 Å². The predicted molar refractivity (Wildman–Crippen MR) is 103 cm³/mol. The van der Waals surface area contributed by atoms with Crippen molar-refractivity contribution in [3.8, 4) is 11.1 Å². The normalized spacial score (nSPS) is 20.4. The maximum atomic E-state index is 12.9. The Morgan fingerprint density at radius 3 is 2.52 bits per heavy atom. The molecule has 1 atom stereocenters. The minimum Gasteiger partial charge on any atom is -0.352 e. The summed E-state index contributed by atoms with van der Waals surface area (Å²) in [4.78, 5) is 12.9. The van der Waals surface area contributed by atoms with E-state index in [1.807, 2.05) is 19.9 Å². The molecular weight excluding hydrogens is 308 g/mol. The van der Waals surface area contributed by atoms with Crippen molar-refractivity contribution in [3.05, 3.63) is 60.2 Å². The van der Waals surface area contributed by atoms with E-state index in [4.69, 9.17) is 0 Å². The molecule has 3 nitrogen and oxygen atoms in total. The summed E-state index contributed by atoms with van der Waals surface area (Å²) in [5.41, 5.74) is 3.13. The molecule has 1 aliphatic rings. The van der Waals surface area contributed by atoms with Gasteiger partial charge in [-0.25, -0.2) is 0 Å². The third kappa shape index (κ3) is 4.29.